The normalized spacial score (nSPS) is 14.4. The molecule has 1 aromatic carbocycles. The Bertz CT molecular complexity index is 742. The van der Waals surface area contributed by atoms with E-state index in [1.54, 1.807) is 30.9 Å². The number of rotatable bonds is 8. The van der Waals surface area contributed by atoms with E-state index < -0.39 is 15.4 Å². The van der Waals surface area contributed by atoms with Crippen molar-refractivity contribution in [2.75, 3.05) is 7.11 Å². The number of hydrogen-bond donors (Lipinski definition) is 1. The average Bonchev–Trinajstić information content (AvgIpc) is 3.36. The Balaban J connectivity index is 2.23. The Morgan fingerprint density at radius 1 is 1.23 bits per heavy atom. The molecule has 7 nitrogen and oxygen atoms in total. The van der Waals surface area contributed by atoms with E-state index in [1.165, 1.54) is 7.11 Å². The molecule has 1 fully saturated rings. The molecule has 0 radical (unpaired) electrons. The number of hydrogen-bond acceptors (Lipinski definition) is 5. The first-order valence-corrected chi connectivity index (χ1v) is 10.3. The lowest BCUT2D eigenvalue weighted by molar-refractivity contribution is 0.189. The molecule has 2 rings (SSSR count). The van der Waals surface area contributed by atoms with Gasteiger partial charge in [0.05, 0.1) is 12.4 Å². The standard InChI is InChI=1S/C18H28N2O5S/c1-12(2)19-18(21)20(15-7-8-15)11-14-6-9-16(24-5)17(10-14)25-26(22,23)13(3)4/h6,9-10,12-13,15H,7-8,11H2,1-5H3,(H,19,21). The van der Waals surface area contributed by atoms with Gasteiger partial charge in [-0.05, 0) is 58.2 Å². The Hall–Kier alpha value is -1.96. The Labute approximate surface area is 155 Å². The Morgan fingerprint density at radius 2 is 1.88 bits per heavy atom. The number of amides is 2. The van der Waals surface area contributed by atoms with Crippen LogP contribution in [-0.2, 0) is 16.7 Å². The molecule has 26 heavy (non-hydrogen) atoms. The fourth-order valence-electron chi connectivity index (χ4n) is 2.39. The minimum atomic E-state index is -3.74. The third kappa shape index (κ3) is 5.27. The molecule has 0 spiro atoms. The van der Waals surface area contributed by atoms with Gasteiger partial charge in [0, 0.05) is 18.6 Å². The van der Waals surface area contributed by atoms with E-state index in [0.717, 1.165) is 18.4 Å². The zero-order chi connectivity index (χ0) is 19.5. The highest BCUT2D eigenvalue weighted by Crippen LogP contribution is 2.33. The van der Waals surface area contributed by atoms with Crippen LogP contribution in [0.25, 0.3) is 0 Å². The van der Waals surface area contributed by atoms with Gasteiger partial charge in [0.1, 0.15) is 0 Å². The van der Waals surface area contributed by atoms with E-state index in [9.17, 15) is 13.2 Å². The number of ether oxygens (including phenoxy) is 1. The lowest BCUT2D eigenvalue weighted by atomic mass is 10.2. The minimum absolute atomic E-state index is 0.0506. The number of carbonyl (C=O) groups excluding carboxylic acids is 1. The van der Waals surface area contributed by atoms with Gasteiger partial charge in [-0.15, -0.1) is 0 Å². The van der Waals surface area contributed by atoms with Gasteiger partial charge in [-0.2, -0.15) is 8.42 Å². The molecule has 1 aliphatic carbocycles. The van der Waals surface area contributed by atoms with Gasteiger partial charge in [-0.25, -0.2) is 4.79 Å². The van der Waals surface area contributed by atoms with Gasteiger partial charge in [-0.1, -0.05) is 6.07 Å². The molecule has 1 aliphatic rings. The van der Waals surface area contributed by atoms with E-state index in [0.29, 0.717) is 12.3 Å². The Morgan fingerprint density at radius 3 is 2.38 bits per heavy atom. The van der Waals surface area contributed by atoms with Crippen LogP contribution in [0.15, 0.2) is 18.2 Å². The van der Waals surface area contributed by atoms with Crippen LogP contribution < -0.4 is 14.2 Å². The summed E-state index contributed by atoms with van der Waals surface area (Å²) in [6, 6.07) is 5.25. The predicted octanol–water partition coefficient (Wildman–Crippen LogP) is 2.89. The molecule has 146 valence electrons. The van der Waals surface area contributed by atoms with Crippen LogP contribution in [0.3, 0.4) is 0 Å². The maximum absolute atomic E-state index is 12.4. The number of benzene rings is 1. The van der Waals surface area contributed by atoms with Crippen molar-refractivity contribution in [1.29, 1.82) is 0 Å². The van der Waals surface area contributed by atoms with E-state index in [-0.39, 0.29) is 23.9 Å². The summed E-state index contributed by atoms with van der Waals surface area (Å²) in [7, 11) is -2.28. The van der Waals surface area contributed by atoms with Crippen molar-refractivity contribution in [3.63, 3.8) is 0 Å². The highest BCUT2D eigenvalue weighted by molar-refractivity contribution is 7.87. The summed E-state index contributed by atoms with van der Waals surface area (Å²) in [5, 5.41) is 2.24. The third-order valence-electron chi connectivity index (χ3n) is 4.02. The van der Waals surface area contributed by atoms with Crippen LogP contribution >= 0.6 is 0 Å². The fraction of sp³-hybridized carbons (Fsp3) is 0.611. The molecule has 2 amide bonds. The van der Waals surface area contributed by atoms with Crippen LogP contribution in [0.4, 0.5) is 4.79 Å². The maximum Gasteiger partial charge on any atom is 0.318 e. The van der Waals surface area contributed by atoms with Crippen LogP contribution in [0.5, 0.6) is 11.5 Å². The monoisotopic (exact) mass is 384 g/mol. The smallest absolute Gasteiger partial charge is 0.318 e. The first-order chi connectivity index (χ1) is 12.1. The second-order valence-corrected chi connectivity index (χ2v) is 9.17. The second-order valence-electron chi connectivity index (χ2n) is 7.07. The SMILES string of the molecule is COc1ccc(CN(C(=O)NC(C)C)C2CC2)cc1OS(=O)(=O)C(C)C. The first kappa shape index (κ1) is 20.4. The molecule has 0 bridgehead atoms. The zero-order valence-electron chi connectivity index (χ0n) is 16.0. The molecule has 0 saturated heterocycles. The van der Waals surface area contributed by atoms with Gasteiger partial charge in [-0.3, -0.25) is 0 Å². The van der Waals surface area contributed by atoms with Gasteiger partial charge in [0.15, 0.2) is 11.5 Å². The Kier molecular flexibility index (Phi) is 6.39. The molecule has 8 heteroatoms. The number of carbonyl (C=O) groups is 1. The van der Waals surface area contributed by atoms with Crippen molar-refractivity contribution < 1.29 is 22.1 Å². The van der Waals surface area contributed by atoms with Gasteiger partial charge in [0.25, 0.3) is 0 Å². The largest absolute Gasteiger partial charge is 0.493 e. The molecule has 1 aromatic rings. The number of nitrogens with one attached hydrogen (secondary N) is 1. The van der Waals surface area contributed by atoms with E-state index >= 15 is 0 Å². The van der Waals surface area contributed by atoms with E-state index in [1.807, 2.05) is 19.9 Å². The molecular weight excluding hydrogens is 356 g/mol. The molecular formula is C18H28N2O5S. The van der Waals surface area contributed by atoms with E-state index in [4.69, 9.17) is 8.92 Å². The molecule has 0 heterocycles. The van der Waals surface area contributed by atoms with Gasteiger partial charge in [0.2, 0.25) is 0 Å². The van der Waals surface area contributed by atoms with Crippen LogP contribution in [0.2, 0.25) is 0 Å². The number of methoxy groups -OCH3 is 1. The highest BCUT2D eigenvalue weighted by Gasteiger charge is 2.33. The quantitative estimate of drug-likeness (QED) is 0.697. The van der Waals surface area contributed by atoms with Crippen molar-refractivity contribution in [3.05, 3.63) is 23.8 Å². The summed E-state index contributed by atoms with van der Waals surface area (Å²) >= 11 is 0. The van der Waals surface area contributed by atoms with Gasteiger partial charge < -0.3 is 19.1 Å². The van der Waals surface area contributed by atoms with Crippen molar-refractivity contribution in [2.45, 2.75) is 64.4 Å². The molecule has 1 saturated carbocycles. The third-order valence-corrected chi connectivity index (χ3v) is 5.59. The number of nitrogens with zero attached hydrogens (tertiary/aromatic N) is 1. The van der Waals surface area contributed by atoms with Crippen molar-refractivity contribution in [1.82, 2.24) is 10.2 Å². The first-order valence-electron chi connectivity index (χ1n) is 8.81. The zero-order valence-corrected chi connectivity index (χ0v) is 16.8. The lowest BCUT2D eigenvalue weighted by Crippen LogP contribution is -2.43. The maximum atomic E-state index is 12.4. The summed E-state index contributed by atoms with van der Waals surface area (Å²) in [6.45, 7) is 7.32. The van der Waals surface area contributed by atoms with Crippen molar-refractivity contribution >= 4 is 16.1 Å². The fourth-order valence-corrected chi connectivity index (χ4v) is 2.96. The summed E-state index contributed by atoms with van der Waals surface area (Å²) < 4.78 is 34.6. The second kappa shape index (κ2) is 8.16. The van der Waals surface area contributed by atoms with Crippen molar-refractivity contribution in [3.8, 4) is 11.5 Å². The van der Waals surface area contributed by atoms with E-state index in [2.05, 4.69) is 5.32 Å². The highest BCUT2D eigenvalue weighted by atomic mass is 32.2. The van der Waals surface area contributed by atoms with Crippen molar-refractivity contribution in [2.24, 2.45) is 0 Å². The molecule has 0 unspecified atom stereocenters. The van der Waals surface area contributed by atoms with Crippen LogP contribution in [-0.4, -0.2) is 43.8 Å². The topological polar surface area (TPSA) is 84.9 Å². The van der Waals surface area contributed by atoms with Crippen LogP contribution in [0.1, 0.15) is 46.1 Å². The summed E-state index contributed by atoms with van der Waals surface area (Å²) in [5.74, 6) is 0.473. The number of urea groups is 1. The molecule has 1 N–H and O–H groups in total. The predicted molar refractivity (Wildman–Crippen MR) is 99.9 cm³/mol. The molecule has 0 atom stereocenters. The molecule has 0 aliphatic heterocycles. The van der Waals surface area contributed by atoms with Crippen LogP contribution in [0, 0.1) is 0 Å². The summed E-state index contributed by atoms with van der Waals surface area (Å²) in [5.41, 5.74) is 0.783. The minimum Gasteiger partial charge on any atom is -0.493 e. The van der Waals surface area contributed by atoms with Gasteiger partial charge >= 0.3 is 16.1 Å². The molecule has 0 aromatic heterocycles. The summed E-state index contributed by atoms with van der Waals surface area (Å²) in [6.07, 6.45) is 1.96. The lowest BCUT2D eigenvalue weighted by Gasteiger charge is -2.24. The average molecular weight is 384 g/mol. The summed E-state index contributed by atoms with van der Waals surface area (Å²) in [4.78, 5) is 14.2.